The Kier molecular flexibility index (Phi) is 4.07. The quantitative estimate of drug-likeness (QED) is 0.591. The van der Waals surface area contributed by atoms with E-state index in [-0.39, 0.29) is 0 Å². The molecule has 21 heavy (non-hydrogen) atoms. The van der Waals surface area contributed by atoms with Crippen LogP contribution in [-0.4, -0.2) is 19.9 Å². The molecular weight excluding hydrogens is 396 g/mol. The van der Waals surface area contributed by atoms with E-state index in [4.69, 9.17) is 0 Å². The van der Waals surface area contributed by atoms with Gasteiger partial charge < -0.3 is 0 Å². The molecule has 0 N–H and O–H groups in total. The van der Waals surface area contributed by atoms with E-state index in [9.17, 15) is 0 Å². The fourth-order valence-corrected chi connectivity index (χ4v) is 2.62. The van der Waals surface area contributed by atoms with Gasteiger partial charge in [0.2, 0.25) is 0 Å². The van der Waals surface area contributed by atoms with Crippen molar-refractivity contribution >= 4 is 31.9 Å². The molecule has 0 fully saturated rings. The third kappa shape index (κ3) is 3.33. The van der Waals surface area contributed by atoms with Gasteiger partial charge in [-0.05, 0) is 69.1 Å². The summed E-state index contributed by atoms with van der Waals surface area (Å²) in [5.41, 5.74) is 3.15. The van der Waals surface area contributed by atoms with Gasteiger partial charge in [-0.25, -0.2) is 19.9 Å². The van der Waals surface area contributed by atoms with E-state index in [2.05, 4.69) is 51.8 Å². The van der Waals surface area contributed by atoms with Crippen LogP contribution in [0.4, 0.5) is 0 Å². The Balaban J connectivity index is 2.12. The van der Waals surface area contributed by atoms with Gasteiger partial charge in [0, 0.05) is 0 Å². The highest BCUT2D eigenvalue weighted by atomic mass is 79.9. The number of halogens is 2. The average Bonchev–Trinajstić information content (AvgIpc) is 2.46. The molecule has 0 aliphatic rings. The Bertz CT molecular complexity index is 741. The molecule has 4 nitrogen and oxygen atoms in total. The first-order valence-electron chi connectivity index (χ1n) is 6.23. The van der Waals surface area contributed by atoms with E-state index in [1.54, 1.807) is 0 Å². The first-order chi connectivity index (χ1) is 10.1. The maximum atomic E-state index is 4.46. The molecule has 104 valence electrons. The van der Waals surface area contributed by atoms with Crippen molar-refractivity contribution in [3.8, 4) is 22.8 Å². The fraction of sp³-hybridized carbons (Fsp3) is 0.0667. The third-order valence-corrected chi connectivity index (χ3v) is 3.68. The lowest BCUT2D eigenvalue weighted by atomic mass is 10.2. The van der Waals surface area contributed by atoms with Crippen molar-refractivity contribution in [3.63, 3.8) is 0 Å². The average molecular weight is 406 g/mol. The predicted molar refractivity (Wildman–Crippen MR) is 88.6 cm³/mol. The molecule has 0 radical (unpaired) electrons. The summed E-state index contributed by atoms with van der Waals surface area (Å²) in [6, 6.07) is 13.4. The minimum atomic E-state index is 0.686. The Morgan fingerprint density at radius 3 is 1.57 bits per heavy atom. The topological polar surface area (TPSA) is 51.6 Å². The van der Waals surface area contributed by atoms with Crippen LogP contribution >= 0.6 is 31.9 Å². The van der Waals surface area contributed by atoms with Gasteiger partial charge in [-0.3, -0.25) is 0 Å². The second-order valence-electron chi connectivity index (χ2n) is 4.38. The molecular formula is C15H10Br2N4. The standard InChI is InChI=1S/C15H10Br2N4/c1-9-18-12(10-4-2-6-14(16)20-10)8-13(19-9)11-5-3-7-15(17)21-11/h2-8H,1H3. The lowest BCUT2D eigenvalue weighted by Crippen LogP contribution is -1.97. The molecule has 0 bridgehead atoms. The summed E-state index contributed by atoms with van der Waals surface area (Å²) in [5, 5.41) is 0. The molecule has 0 unspecified atom stereocenters. The van der Waals surface area contributed by atoms with E-state index in [0.29, 0.717) is 5.82 Å². The Labute approximate surface area is 139 Å². The van der Waals surface area contributed by atoms with Crippen molar-refractivity contribution in [1.29, 1.82) is 0 Å². The molecule has 3 aromatic rings. The zero-order valence-electron chi connectivity index (χ0n) is 11.1. The minimum Gasteiger partial charge on any atom is -0.239 e. The van der Waals surface area contributed by atoms with Crippen LogP contribution < -0.4 is 0 Å². The van der Waals surface area contributed by atoms with Crippen molar-refractivity contribution in [2.24, 2.45) is 0 Å². The molecule has 0 amide bonds. The number of hydrogen-bond donors (Lipinski definition) is 0. The highest BCUT2D eigenvalue weighted by Gasteiger charge is 2.09. The highest BCUT2D eigenvalue weighted by Crippen LogP contribution is 2.23. The normalized spacial score (nSPS) is 10.6. The maximum absolute atomic E-state index is 4.46. The number of aromatic nitrogens is 4. The van der Waals surface area contributed by atoms with Gasteiger partial charge in [-0.2, -0.15) is 0 Å². The van der Waals surface area contributed by atoms with E-state index in [1.807, 2.05) is 49.4 Å². The molecule has 0 atom stereocenters. The van der Waals surface area contributed by atoms with E-state index >= 15 is 0 Å². The van der Waals surface area contributed by atoms with Crippen LogP contribution in [0.2, 0.25) is 0 Å². The summed E-state index contributed by atoms with van der Waals surface area (Å²) in [6.45, 7) is 1.86. The summed E-state index contributed by atoms with van der Waals surface area (Å²) in [4.78, 5) is 17.8. The van der Waals surface area contributed by atoms with E-state index < -0.39 is 0 Å². The molecule has 0 saturated carbocycles. The predicted octanol–water partition coefficient (Wildman–Crippen LogP) is 4.43. The van der Waals surface area contributed by atoms with Gasteiger partial charge in [0.25, 0.3) is 0 Å². The van der Waals surface area contributed by atoms with E-state index in [1.165, 1.54) is 0 Å². The van der Waals surface area contributed by atoms with Crippen LogP contribution in [0, 0.1) is 6.92 Å². The van der Waals surface area contributed by atoms with Crippen LogP contribution in [0.15, 0.2) is 51.7 Å². The lowest BCUT2D eigenvalue weighted by Gasteiger charge is -2.06. The first-order valence-corrected chi connectivity index (χ1v) is 7.82. The molecule has 0 saturated heterocycles. The summed E-state index contributed by atoms with van der Waals surface area (Å²) >= 11 is 6.76. The Hall–Kier alpha value is -1.66. The molecule has 3 aromatic heterocycles. The summed E-state index contributed by atoms with van der Waals surface area (Å²) in [6.07, 6.45) is 0. The van der Waals surface area contributed by atoms with Gasteiger partial charge in [0.15, 0.2) is 0 Å². The van der Waals surface area contributed by atoms with Gasteiger partial charge in [-0.1, -0.05) is 12.1 Å². The summed E-state index contributed by atoms with van der Waals surface area (Å²) in [7, 11) is 0. The van der Waals surface area contributed by atoms with E-state index in [0.717, 1.165) is 32.0 Å². The summed E-state index contributed by atoms with van der Waals surface area (Å²) < 4.78 is 1.55. The molecule has 0 aliphatic heterocycles. The fourth-order valence-electron chi connectivity index (χ4n) is 1.93. The maximum Gasteiger partial charge on any atom is 0.126 e. The third-order valence-electron chi connectivity index (χ3n) is 2.79. The van der Waals surface area contributed by atoms with Crippen molar-refractivity contribution in [1.82, 2.24) is 19.9 Å². The van der Waals surface area contributed by atoms with Gasteiger partial charge in [0.05, 0.1) is 22.8 Å². The first kappa shape index (κ1) is 14.3. The lowest BCUT2D eigenvalue weighted by molar-refractivity contribution is 1.04. The van der Waals surface area contributed by atoms with Crippen molar-refractivity contribution < 1.29 is 0 Å². The van der Waals surface area contributed by atoms with Crippen LogP contribution in [-0.2, 0) is 0 Å². The van der Waals surface area contributed by atoms with Gasteiger partial charge in [-0.15, -0.1) is 0 Å². The zero-order chi connectivity index (χ0) is 14.8. The van der Waals surface area contributed by atoms with Crippen molar-refractivity contribution in [3.05, 3.63) is 57.5 Å². The number of nitrogens with zero attached hydrogens (tertiary/aromatic N) is 4. The Morgan fingerprint density at radius 2 is 1.14 bits per heavy atom. The molecule has 0 aromatic carbocycles. The molecule has 6 heteroatoms. The zero-order valence-corrected chi connectivity index (χ0v) is 14.3. The summed E-state index contributed by atoms with van der Waals surface area (Å²) in [5.74, 6) is 0.686. The molecule has 3 rings (SSSR count). The highest BCUT2D eigenvalue weighted by molar-refractivity contribution is 9.10. The number of aryl methyl sites for hydroxylation is 1. The molecule has 0 spiro atoms. The van der Waals surface area contributed by atoms with Gasteiger partial charge in [0.1, 0.15) is 15.0 Å². The second kappa shape index (κ2) is 5.99. The number of hydrogen-bond acceptors (Lipinski definition) is 4. The SMILES string of the molecule is Cc1nc(-c2cccc(Br)n2)cc(-c2cccc(Br)n2)n1. The van der Waals surface area contributed by atoms with Crippen molar-refractivity contribution in [2.45, 2.75) is 6.92 Å². The van der Waals surface area contributed by atoms with Gasteiger partial charge >= 0.3 is 0 Å². The van der Waals surface area contributed by atoms with Crippen molar-refractivity contribution in [2.75, 3.05) is 0 Å². The van der Waals surface area contributed by atoms with Crippen LogP contribution in [0.25, 0.3) is 22.8 Å². The molecule has 3 heterocycles. The van der Waals surface area contributed by atoms with Crippen LogP contribution in [0.5, 0.6) is 0 Å². The minimum absolute atomic E-state index is 0.686. The smallest absolute Gasteiger partial charge is 0.126 e. The largest absolute Gasteiger partial charge is 0.239 e. The second-order valence-corrected chi connectivity index (χ2v) is 6.00. The molecule has 0 aliphatic carbocycles. The monoisotopic (exact) mass is 404 g/mol. The van der Waals surface area contributed by atoms with Crippen LogP contribution in [0.3, 0.4) is 0 Å². The van der Waals surface area contributed by atoms with Crippen LogP contribution in [0.1, 0.15) is 5.82 Å². The number of rotatable bonds is 2. The Morgan fingerprint density at radius 1 is 0.667 bits per heavy atom. The number of pyridine rings is 2.